The molecule has 8 nitrogen and oxygen atoms in total. The van der Waals surface area contributed by atoms with Crippen molar-refractivity contribution in [2.75, 3.05) is 19.8 Å². The van der Waals surface area contributed by atoms with Gasteiger partial charge in [-0.25, -0.2) is 13.9 Å². The van der Waals surface area contributed by atoms with Crippen molar-refractivity contribution in [3.63, 3.8) is 0 Å². The highest BCUT2D eigenvalue weighted by Gasteiger charge is 2.16. The first-order valence-electron chi connectivity index (χ1n) is 7.33. The quantitative estimate of drug-likeness (QED) is 0.705. The van der Waals surface area contributed by atoms with Crippen LogP contribution in [-0.2, 0) is 9.53 Å². The summed E-state index contributed by atoms with van der Waals surface area (Å²) < 4.78 is 19.9. The van der Waals surface area contributed by atoms with E-state index in [1.807, 2.05) is 0 Å². The molecule has 0 saturated heterocycles. The van der Waals surface area contributed by atoms with E-state index >= 15 is 0 Å². The molecule has 1 aromatic carbocycles. The zero-order valence-corrected chi connectivity index (χ0v) is 13.4. The fourth-order valence-electron chi connectivity index (χ4n) is 2.05. The highest BCUT2D eigenvalue weighted by atomic mass is 19.1. The zero-order chi connectivity index (χ0) is 18.4. The first kappa shape index (κ1) is 18.3. The van der Waals surface area contributed by atoms with Crippen LogP contribution in [0.15, 0.2) is 35.1 Å². The molecule has 1 heterocycles. The normalized spacial score (nSPS) is 10.5. The zero-order valence-electron chi connectivity index (χ0n) is 13.4. The Bertz CT molecular complexity index is 850. The summed E-state index contributed by atoms with van der Waals surface area (Å²) in [4.78, 5) is 34.4. The Hall–Kier alpha value is -3.07. The van der Waals surface area contributed by atoms with E-state index in [9.17, 15) is 18.8 Å². The summed E-state index contributed by atoms with van der Waals surface area (Å²) in [6.07, 6.45) is 0. The van der Waals surface area contributed by atoms with Crippen LogP contribution in [0, 0.1) is 12.7 Å². The second-order valence-corrected chi connectivity index (χ2v) is 5.06. The van der Waals surface area contributed by atoms with Crippen LogP contribution in [-0.4, -0.2) is 46.5 Å². The van der Waals surface area contributed by atoms with Crippen LogP contribution in [0.25, 0.3) is 5.69 Å². The van der Waals surface area contributed by atoms with Gasteiger partial charge < -0.3 is 15.2 Å². The number of carboxylic acid groups (broad SMARTS) is 1. The molecule has 0 unspecified atom stereocenters. The van der Waals surface area contributed by atoms with Gasteiger partial charge in [-0.05, 0) is 19.1 Å². The molecule has 2 N–H and O–H groups in total. The number of ether oxygens (including phenoxy) is 1. The molecule has 25 heavy (non-hydrogen) atoms. The average molecular weight is 349 g/mol. The predicted octanol–water partition coefficient (Wildman–Crippen LogP) is 0.511. The van der Waals surface area contributed by atoms with Gasteiger partial charge in [-0.3, -0.25) is 9.59 Å². The lowest BCUT2D eigenvalue weighted by Gasteiger charge is -2.12. The van der Waals surface area contributed by atoms with Gasteiger partial charge in [0, 0.05) is 18.3 Å². The van der Waals surface area contributed by atoms with E-state index in [4.69, 9.17) is 9.84 Å². The molecule has 0 radical (unpaired) electrons. The van der Waals surface area contributed by atoms with Gasteiger partial charge in [0.25, 0.3) is 5.91 Å². The van der Waals surface area contributed by atoms with Crippen molar-refractivity contribution in [1.29, 1.82) is 0 Å². The van der Waals surface area contributed by atoms with Crippen molar-refractivity contribution in [2.24, 2.45) is 0 Å². The van der Waals surface area contributed by atoms with Crippen molar-refractivity contribution >= 4 is 11.9 Å². The van der Waals surface area contributed by atoms with Crippen LogP contribution < -0.4 is 10.7 Å². The number of nitrogens with one attached hydrogen (secondary N) is 1. The number of aryl methyl sites for hydroxylation is 1. The fraction of sp³-hybridized carbons (Fsp3) is 0.250. The summed E-state index contributed by atoms with van der Waals surface area (Å²) in [6.45, 7) is 1.05. The van der Waals surface area contributed by atoms with Crippen molar-refractivity contribution in [1.82, 2.24) is 15.1 Å². The number of para-hydroxylation sites is 1. The molecule has 9 heteroatoms. The molecule has 0 spiro atoms. The van der Waals surface area contributed by atoms with E-state index in [1.54, 1.807) is 13.0 Å². The molecule has 1 amide bonds. The standard InChI is InChI=1S/C16H16FN3O5/c1-10-8-13(21)15(16(24)18-6-7-25-9-14(22)23)19-20(10)12-5-3-2-4-11(12)17/h2-5,8H,6-7,9H2,1H3,(H,18,24)(H,22,23). The molecular formula is C16H16FN3O5. The van der Waals surface area contributed by atoms with Gasteiger partial charge in [0.05, 0.1) is 6.61 Å². The third-order valence-electron chi connectivity index (χ3n) is 3.16. The van der Waals surface area contributed by atoms with Crippen LogP contribution >= 0.6 is 0 Å². The minimum atomic E-state index is -1.13. The number of carbonyl (C=O) groups is 2. The molecule has 0 bridgehead atoms. The number of rotatable bonds is 7. The van der Waals surface area contributed by atoms with Gasteiger partial charge in [0.1, 0.15) is 18.1 Å². The molecule has 2 rings (SSSR count). The average Bonchev–Trinajstić information content (AvgIpc) is 2.55. The minimum absolute atomic E-state index is 0.000801. The van der Waals surface area contributed by atoms with Crippen molar-refractivity contribution < 1.29 is 23.8 Å². The monoisotopic (exact) mass is 349 g/mol. The van der Waals surface area contributed by atoms with Gasteiger partial charge in [-0.1, -0.05) is 12.1 Å². The van der Waals surface area contributed by atoms with Gasteiger partial charge >= 0.3 is 5.97 Å². The molecule has 1 aromatic heterocycles. The number of carboxylic acids is 1. The molecule has 0 saturated carbocycles. The Balaban J connectivity index is 2.17. The number of aromatic nitrogens is 2. The lowest BCUT2D eigenvalue weighted by atomic mass is 10.2. The van der Waals surface area contributed by atoms with Gasteiger partial charge in [0.15, 0.2) is 5.69 Å². The maximum atomic E-state index is 13.9. The number of halogens is 1. The number of nitrogens with zero attached hydrogens (tertiary/aromatic N) is 2. The van der Waals surface area contributed by atoms with E-state index in [1.165, 1.54) is 28.9 Å². The maximum absolute atomic E-state index is 13.9. The Morgan fingerprint density at radius 3 is 2.76 bits per heavy atom. The van der Waals surface area contributed by atoms with E-state index in [2.05, 4.69) is 10.4 Å². The number of benzene rings is 1. The summed E-state index contributed by atoms with van der Waals surface area (Å²) >= 11 is 0. The molecule has 0 fully saturated rings. The van der Waals surface area contributed by atoms with E-state index in [0.717, 1.165) is 0 Å². The second-order valence-electron chi connectivity index (χ2n) is 5.06. The number of hydrogen-bond acceptors (Lipinski definition) is 5. The fourth-order valence-corrected chi connectivity index (χ4v) is 2.05. The van der Waals surface area contributed by atoms with Crippen LogP contribution in [0.4, 0.5) is 4.39 Å². The van der Waals surface area contributed by atoms with Crippen molar-refractivity contribution in [3.8, 4) is 5.69 Å². The first-order valence-corrected chi connectivity index (χ1v) is 7.33. The summed E-state index contributed by atoms with van der Waals surface area (Å²) in [5.74, 6) is -2.43. The Morgan fingerprint density at radius 2 is 2.08 bits per heavy atom. The molecule has 132 valence electrons. The molecular weight excluding hydrogens is 333 g/mol. The smallest absolute Gasteiger partial charge is 0.329 e. The van der Waals surface area contributed by atoms with Crippen molar-refractivity contribution in [2.45, 2.75) is 6.92 Å². The van der Waals surface area contributed by atoms with Gasteiger partial charge in [-0.15, -0.1) is 0 Å². The Morgan fingerprint density at radius 1 is 1.36 bits per heavy atom. The summed E-state index contributed by atoms with van der Waals surface area (Å²) in [5.41, 5.74) is -0.517. The minimum Gasteiger partial charge on any atom is -0.480 e. The molecule has 2 aromatic rings. The largest absolute Gasteiger partial charge is 0.480 e. The SMILES string of the molecule is Cc1cc(=O)c(C(=O)NCCOCC(=O)O)nn1-c1ccccc1F. The molecule has 0 aliphatic carbocycles. The first-order chi connectivity index (χ1) is 11.9. The van der Waals surface area contributed by atoms with Crippen LogP contribution in [0.1, 0.15) is 16.2 Å². The number of aliphatic carboxylic acids is 1. The number of amides is 1. The van der Waals surface area contributed by atoms with E-state index < -0.39 is 35.4 Å². The lowest BCUT2D eigenvalue weighted by Crippen LogP contribution is -2.34. The van der Waals surface area contributed by atoms with Gasteiger partial charge in [-0.2, -0.15) is 5.10 Å². The molecule has 0 atom stereocenters. The predicted molar refractivity (Wildman–Crippen MR) is 85.3 cm³/mol. The van der Waals surface area contributed by atoms with Crippen LogP contribution in [0.3, 0.4) is 0 Å². The third-order valence-corrected chi connectivity index (χ3v) is 3.16. The summed E-state index contributed by atoms with van der Waals surface area (Å²) in [7, 11) is 0. The summed E-state index contributed by atoms with van der Waals surface area (Å²) in [5, 5.41) is 14.8. The summed E-state index contributed by atoms with van der Waals surface area (Å²) in [6, 6.07) is 7.03. The second kappa shape index (κ2) is 8.15. The van der Waals surface area contributed by atoms with Crippen LogP contribution in [0.5, 0.6) is 0 Å². The number of hydrogen-bond donors (Lipinski definition) is 2. The van der Waals surface area contributed by atoms with Crippen LogP contribution in [0.2, 0.25) is 0 Å². The van der Waals surface area contributed by atoms with Crippen molar-refractivity contribution in [3.05, 3.63) is 57.8 Å². The topological polar surface area (TPSA) is 111 Å². The Labute approximate surface area is 141 Å². The maximum Gasteiger partial charge on any atom is 0.329 e. The van der Waals surface area contributed by atoms with Gasteiger partial charge in [0.2, 0.25) is 5.43 Å². The third kappa shape index (κ3) is 4.70. The molecule has 0 aliphatic heterocycles. The highest BCUT2D eigenvalue weighted by Crippen LogP contribution is 2.12. The lowest BCUT2D eigenvalue weighted by molar-refractivity contribution is -0.142. The van der Waals surface area contributed by atoms with E-state index in [-0.39, 0.29) is 18.8 Å². The highest BCUT2D eigenvalue weighted by molar-refractivity contribution is 5.92. The Kier molecular flexibility index (Phi) is 5.96. The molecule has 0 aliphatic rings. The van der Waals surface area contributed by atoms with E-state index in [0.29, 0.717) is 5.69 Å². The number of carbonyl (C=O) groups excluding carboxylic acids is 1.